The minimum absolute atomic E-state index is 0.116. The summed E-state index contributed by atoms with van der Waals surface area (Å²) in [5, 5.41) is 0. The van der Waals surface area contributed by atoms with Crippen LogP contribution in [0.25, 0.3) is 0 Å². The summed E-state index contributed by atoms with van der Waals surface area (Å²) in [7, 11) is 0. The van der Waals surface area contributed by atoms with Crippen LogP contribution in [0.3, 0.4) is 0 Å². The van der Waals surface area contributed by atoms with Gasteiger partial charge in [0.2, 0.25) is 0 Å². The van der Waals surface area contributed by atoms with Crippen LogP contribution in [-0.2, 0) is 9.59 Å². The standard InChI is InChI=1S/C16H24O2/c1-10(2)14(18)16-7-12-4-13(8-16)6-15(5-12,9-16)11(3)17/h10,12-13H,4-9H2,1-3H3/t12-,13+,15+,16-. The van der Waals surface area contributed by atoms with E-state index >= 15 is 0 Å². The molecule has 4 bridgehead atoms. The number of carbonyl (C=O) groups is 2. The highest BCUT2D eigenvalue weighted by Gasteiger charge is 2.61. The van der Waals surface area contributed by atoms with E-state index in [1.807, 2.05) is 13.8 Å². The lowest BCUT2D eigenvalue weighted by molar-refractivity contribution is -0.165. The monoisotopic (exact) mass is 248 g/mol. The molecule has 4 fully saturated rings. The molecule has 0 aromatic heterocycles. The van der Waals surface area contributed by atoms with Crippen LogP contribution >= 0.6 is 0 Å². The lowest BCUT2D eigenvalue weighted by Crippen LogP contribution is -2.57. The molecule has 0 spiro atoms. The average molecular weight is 248 g/mol. The molecule has 0 radical (unpaired) electrons. The summed E-state index contributed by atoms with van der Waals surface area (Å²) in [6.45, 7) is 5.78. The number of ketones is 2. The van der Waals surface area contributed by atoms with Crippen molar-refractivity contribution in [3.63, 3.8) is 0 Å². The SMILES string of the molecule is CC(=O)[C@@]12C[C@H]3C[C@@H](C1)C[C@](C(=O)C(C)C)(C3)C2. The van der Waals surface area contributed by atoms with Crippen molar-refractivity contribution in [2.24, 2.45) is 28.6 Å². The van der Waals surface area contributed by atoms with Crippen LogP contribution in [0.5, 0.6) is 0 Å². The number of hydrogen-bond donors (Lipinski definition) is 0. The van der Waals surface area contributed by atoms with Crippen LogP contribution in [0.1, 0.15) is 59.3 Å². The summed E-state index contributed by atoms with van der Waals surface area (Å²) in [6.07, 6.45) is 6.38. The Labute approximate surface area is 110 Å². The highest BCUT2D eigenvalue weighted by atomic mass is 16.1. The van der Waals surface area contributed by atoms with Gasteiger partial charge in [0.15, 0.2) is 0 Å². The van der Waals surface area contributed by atoms with Crippen molar-refractivity contribution in [3.05, 3.63) is 0 Å². The van der Waals surface area contributed by atoms with Gasteiger partial charge in [0.25, 0.3) is 0 Å². The summed E-state index contributed by atoms with van der Waals surface area (Å²) < 4.78 is 0. The first-order chi connectivity index (χ1) is 8.37. The van der Waals surface area contributed by atoms with Crippen molar-refractivity contribution >= 4 is 11.6 Å². The molecule has 0 amide bonds. The first-order valence-electron chi connectivity index (χ1n) is 7.42. The number of hydrogen-bond acceptors (Lipinski definition) is 2. The molecular weight excluding hydrogens is 224 g/mol. The van der Waals surface area contributed by atoms with Gasteiger partial charge in [-0.15, -0.1) is 0 Å². The molecule has 0 saturated heterocycles. The molecule has 0 N–H and O–H groups in total. The largest absolute Gasteiger partial charge is 0.299 e. The van der Waals surface area contributed by atoms with E-state index in [1.165, 1.54) is 6.42 Å². The van der Waals surface area contributed by atoms with E-state index in [4.69, 9.17) is 0 Å². The molecule has 4 aliphatic carbocycles. The number of carbonyl (C=O) groups excluding carboxylic acids is 2. The molecule has 18 heavy (non-hydrogen) atoms. The second-order valence-electron chi connectivity index (χ2n) is 7.60. The van der Waals surface area contributed by atoms with Gasteiger partial charge in [-0.2, -0.15) is 0 Å². The maximum absolute atomic E-state index is 12.6. The normalized spacial score (nSPS) is 45.6. The Morgan fingerprint density at radius 2 is 1.50 bits per heavy atom. The Hall–Kier alpha value is -0.660. The lowest BCUT2D eigenvalue weighted by Gasteiger charge is -2.61. The molecule has 4 rings (SSSR count). The summed E-state index contributed by atoms with van der Waals surface area (Å²) >= 11 is 0. The van der Waals surface area contributed by atoms with E-state index in [9.17, 15) is 9.59 Å². The zero-order chi connectivity index (χ0) is 13.1. The Morgan fingerprint density at radius 1 is 1.00 bits per heavy atom. The fourth-order valence-electron chi connectivity index (χ4n) is 5.58. The van der Waals surface area contributed by atoms with Crippen LogP contribution in [-0.4, -0.2) is 11.6 Å². The first kappa shape index (κ1) is 12.4. The van der Waals surface area contributed by atoms with Crippen molar-refractivity contribution in [2.45, 2.75) is 59.3 Å². The molecule has 0 aromatic rings. The molecule has 0 unspecified atom stereocenters. The van der Waals surface area contributed by atoms with Crippen molar-refractivity contribution in [3.8, 4) is 0 Å². The predicted octanol–water partition coefficient (Wildman–Crippen LogP) is 3.39. The van der Waals surface area contributed by atoms with Gasteiger partial charge in [0.05, 0.1) is 0 Å². The zero-order valence-corrected chi connectivity index (χ0v) is 11.8. The maximum atomic E-state index is 12.6. The fraction of sp³-hybridized carbons (Fsp3) is 0.875. The summed E-state index contributed by atoms with van der Waals surface area (Å²) in [6, 6.07) is 0. The Balaban J connectivity index is 1.99. The van der Waals surface area contributed by atoms with E-state index in [0.29, 0.717) is 23.4 Å². The van der Waals surface area contributed by atoms with Crippen LogP contribution in [0.4, 0.5) is 0 Å². The van der Waals surface area contributed by atoms with Crippen LogP contribution in [0.2, 0.25) is 0 Å². The minimum atomic E-state index is -0.135. The second-order valence-corrected chi connectivity index (χ2v) is 7.60. The highest BCUT2D eigenvalue weighted by molar-refractivity contribution is 5.90. The van der Waals surface area contributed by atoms with Gasteiger partial charge in [0.1, 0.15) is 11.6 Å². The molecule has 4 aliphatic rings. The van der Waals surface area contributed by atoms with E-state index in [0.717, 1.165) is 32.1 Å². The van der Waals surface area contributed by atoms with Gasteiger partial charge in [0, 0.05) is 16.7 Å². The quantitative estimate of drug-likeness (QED) is 0.767. The maximum Gasteiger partial charge on any atom is 0.141 e. The molecule has 0 heterocycles. The lowest BCUT2D eigenvalue weighted by atomic mass is 9.42. The third kappa shape index (κ3) is 1.53. The molecule has 2 nitrogen and oxygen atoms in total. The fourth-order valence-corrected chi connectivity index (χ4v) is 5.58. The number of Topliss-reactive ketones (excluding diaryl/α,β-unsaturated/α-hetero) is 2. The molecular formula is C16H24O2. The summed E-state index contributed by atoms with van der Waals surface area (Å²) in [5.41, 5.74) is -0.265. The molecule has 4 atom stereocenters. The van der Waals surface area contributed by atoms with E-state index in [-0.39, 0.29) is 16.7 Å². The van der Waals surface area contributed by atoms with E-state index in [2.05, 4.69) is 0 Å². The van der Waals surface area contributed by atoms with Gasteiger partial charge in [-0.1, -0.05) is 13.8 Å². The van der Waals surface area contributed by atoms with Crippen LogP contribution in [0.15, 0.2) is 0 Å². The van der Waals surface area contributed by atoms with Crippen LogP contribution in [0, 0.1) is 28.6 Å². The predicted molar refractivity (Wildman–Crippen MR) is 70.1 cm³/mol. The molecule has 100 valence electrons. The van der Waals surface area contributed by atoms with Crippen LogP contribution < -0.4 is 0 Å². The van der Waals surface area contributed by atoms with E-state index < -0.39 is 0 Å². The van der Waals surface area contributed by atoms with Gasteiger partial charge in [-0.3, -0.25) is 9.59 Å². The van der Waals surface area contributed by atoms with Crippen molar-refractivity contribution in [2.75, 3.05) is 0 Å². The third-order valence-corrected chi connectivity index (χ3v) is 5.85. The van der Waals surface area contributed by atoms with Crippen molar-refractivity contribution in [1.29, 1.82) is 0 Å². The molecule has 0 aliphatic heterocycles. The molecule has 2 heteroatoms. The topological polar surface area (TPSA) is 34.1 Å². The second kappa shape index (κ2) is 3.68. The Morgan fingerprint density at radius 3 is 1.94 bits per heavy atom. The highest BCUT2D eigenvalue weighted by Crippen LogP contribution is 2.66. The number of rotatable bonds is 3. The average Bonchev–Trinajstić information content (AvgIpc) is 2.25. The zero-order valence-electron chi connectivity index (χ0n) is 11.8. The Bertz CT molecular complexity index is 393. The summed E-state index contributed by atoms with van der Waals surface area (Å²) in [5.74, 6) is 2.17. The smallest absolute Gasteiger partial charge is 0.141 e. The van der Waals surface area contributed by atoms with Crippen molar-refractivity contribution in [1.82, 2.24) is 0 Å². The first-order valence-corrected chi connectivity index (χ1v) is 7.42. The minimum Gasteiger partial charge on any atom is -0.299 e. The van der Waals surface area contributed by atoms with Gasteiger partial charge in [-0.05, 0) is 57.3 Å². The summed E-state index contributed by atoms with van der Waals surface area (Å²) in [4.78, 5) is 24.8. The molecule has 4 saturated carbocycles. The van der Waals surface area contributed by atoms with Gasteiger partial charge < -0.3 is 0 Å². The van der Waals surface area contributed by atoms with E-state index in [1.54, 1.807) is 6.92 Å². The van der Waals surface area contributed by atoms with Gasteiger partial charge in [-0.25, -0.2) is 0 Å². The Kier molecular flexibility index (Phi) is 2.53. The third-order valence-electron chi connectivity index (χ3n) is 5.85. The van der Waals surface area contributed by atoms with Gasteiger partial charge >= 0.3 is 0 Å². The van der Waals surface area contributed by atoms with Crippen molar-refractivity contribution < 1.29 is 9.59 Å². The molecule has 0 aromatic carbocycles.